The molecule has 1 N–H and O–H groups in total. The number of thioether (sulfide) groups is 1. The van der Waals surface area contributed by atoms with Crippen molar-refractivity contribution in [2.45, 2.75) is 31.4 Å². The van der Waals surface area contributed by atoms with Crippen molar-refractivity contribution in [3.8, 4) is 0 Å². The first kappa shape index (κ1) is 8.41. The minimum atomic E-state index is 0.923. The van der Waals surface area contributed by atoms with E-state index in [1.54, 1.807) is 0 Å². The van der Waals surface area contributed by atoms with Crippen LogP contribution in [0.2, 0.25) is 0 Å². The molecular weight excluding hydrogens is 142 g/mol. The average molecular weight is 159 g/mol. The van der Waals surface area contributed by atoms with Crippen molar-refractivity contribution in [1.29, 1.82) is 0 Å². The zero-order valence-electron chi connectivity index (χ0n) is 6.73. The summed E-state index contributed by atoms with van der Waals surface area (Å²) in [7, 11) is 0. The highest BCUT2D eigenvalue weighted by Gasteiger charge is 2.13. The molecule has 1 heterocycles. The molecule has 0 aromatic carbocycles. The lowest BCUT2D eigenvalue weighted by Gasteiger charge is -2.05. The van der Waals surface area contributed by atoms with Gasteiger partial charge in [-0.1, -0.05) is 13.3 Å². The molecule has 0 spiro atoms. The van der Waals surface area contributed by atoms with Crippen LogP contribution in [-0.2, 0) is 0 Å². The topological polar surface area (TPSA) is 12.0 Å². The Morgan fingerprint density at radius 3 is 3.10 bits per heavy atom. The van der Waals surface area contributed by atoms with Crippen molar-refractivity contribution in [2.24, 2.45) is 0 Å². The van der Waals surface area contributed by atoms with E-state index in [9.17, 15) is 0 Å². The first-order valence-corrected chi connectivity index (χ1v) is 5.30. The van der Waals surface area contributed by atoms with Crippen molar-refractivity contribution >= 4 is 11.8 Å². The van der Waals surface area contributed by atoms with Gasteiger partial charge in [0, 0.05) is 11.8 Å². The molecule has 1 aliphatic heterocycles. The van der Waals surface area contributed by atoms with E-state index in [1.807, 2.05) is 0 Å². The monoisotopic (exact) mass is 159 g/mol. The molecule has 0 aliphatic carbocycles. The Bertz CT molecular complexity index is 79.3. The molecule has 0 radical (unpaired) electrons. The Labute approximate surface area is 68.0 Å². The Kier molecular flexibility index (Phi) is 4.23. The van der Waals surface area contributed by atoms with Crippen LogP contribution in [-0.4, -0.2) is 24.1 Å². The Morgan fingerprint density at radius 2 is 2.50 bits per heavy atom. The molecule has 10 heavy (non-hydrogen) atoms. The summed E-state index contributed by atoms with van der Waals surface area (Å²) in [4.78, 5) is 0. The number of hydrogen-bond acceptors (Lipinski definition) is 2. The highest BCUT2D eigenvalue weighted by Crippen LogP contribution is 2.18. The quantitative estimate of drug-likeness (QED) is 0.629. The van der Waals surface area contributed by atoms with Crippen molar-refractivity contribution in [1.82, 2.24) is 5.32 Å². The van der Waals surface area contributed by atoms with E-state index in [0.29, 0.717) is 0 Å². The summed E-state index contributed by atoms with van der Waals surface area (Å²) in [5.41, 5.74) is 0. The maximum absolute atomic E-state index is 3.38. The average Bonchev–Trinajstić information content (AvgIpc) is 2.41. The lowest BCUT2D eigenvalue weighted by atomic mass is 10.4. The molecule has 2 heteroatoms. The molecule has 0 aromatic heterocycles. The summed E-state index contributed by atoms with van der Waals surface area (Å²) < 4.78 is 0. The fourth-order valence-electron chi connectivity index (χ4n) is 1.16. The summed E-state index contributed by atoms with van der Waals surface area (Å²) in [6.07, 6.45) is 4.11. The van der Waals surface area contributed by atoms with Crippen LogP contribution in [0.15, 0.2) is 0 Å². The predicted molar refractivity (Wildman–Crippen MR) is 48.6 cm³/mol. The molecule has 0 amide bonds. The van der Waals surface area contributed by atoms with Gasteiger partial charge in [-0.3, -0.25) is 0 Å². The van der Waals surface area contributed by atoms with Crippen LogP contribution in [0, 0.1) is 0 Å². The molecule has 1 saturated heterocycles. The molecule has 0 bridgehead atoms. The lowest BCUT2D eigenvalue weighted by Crippen LogP contribution is -2.10. The fourth-order valence-corrected chi connectivity index (χ4v) is 2.47. The van der Waals surface area contributed by atoms with Gasteiger partial charge in [0.1, 0.15) is 0 Å². The van der Waals surface area contributed by atoms with Crippen molar-refractivity contribution in [2.75, 3.05) is 18.8 Å². The number of unbranched alkanes of at least 4 members (excludes halogenated alkanes) is 1. The van der Waals surface area contributed by atoms with Gasteiger partial charge in [0.2, 0.25) is 0 Å². The van der Waals surface area contributed by atoms with E-state index in [0.717, 1.165) is 5.25 Å². The second kappa shape index (κ2) is 5.03. The van der Waals surface area contributed by atoms with Gasteiger partial charge in [0.25, 0.3) is 0 Å². The van der Waals surface area contributed by atoms with E-state index in [2.05, 4.69) is 24.0 Å². The third-order valence-electron chi connectivity index (χ3n) is 1.87. The molecule has 1 unspecified atom stereocenters. The van der Waals surface area contributed by atoms with Crippen LogP contribution < -0.4 is 5.32 Å². The van der Waals surface area contributed by atoms with Crippen LogP contribution in [0.1, 0.15) is 26.2 Å². The van der Waals surface area contributed by atoms with Crippen LogP contribution in [0.25, 0.3) is 0 Å². The largest absolute Gasteiger partial charge is 0.316 e. The maximum Gasteiger partial charge on any atom is 0.0184 e. The molecule has 0 saturated carbocycles. The molecule has 1 nitrogen and oxygen atoms in total. The van der Waals surface area contributed by atoms with E-state index >= 15 is 0 Å². The minimum Gasteiger partial charge on any atom is -0.316 e. The number of rotatable bonds is 4. The van der Waals surface area contributed by atoms with Gasteiger partial charge >= 0.3 is 0 Å². The van der Waals surface area contributed by atoms with Gasteiger partial charge in [0.05, 0.1) is 0 Å². The second-order valence-electron chi connectivity index (χ2n) is 2.84. The van der Waals surface area contributed by atoms with Crippen molar-refractivity contribution in [3.63, 3.8) is 0 Å². The van der Waals surface area contributed by atoms with Crippen LogP contribution in [0.5, 0.6) is 0 Å². The Hall–Kier alpha value is 0.310. The number of hydrogen-bond donors (Lipinski definition) is 1. The second-order valence-corrected chi connectivity index (χ2v) is 4.25. The van der Waals surface area contributed by atoms with Crippen LogP contribution >= 0.6 is 11.8 Å². The molecule has 1 fully saturated rings. The summed E-state index contributed by atoms with van der Waals surface area (Å²) in [5, 5.41) is 4.30. The van der Waals surface area contributed by atoms with Gasteiger partial charge in [-0.2, -0.15) is 11.8 Å². The smallest absolute Gasteiger partial charge is 0.0184 e. The predicted octanol–water partition coefficient (Wildman–Crippen LogP) is 1.88. The SMILES string of the molecule is CCCCSC1CCNC1. The third-order valence-corrected chi connectivity index (χ3v) is 3.26. The third kappa shape index (κ3) is 2.93. The molecular formula is C8H17NS. The molecule has 1 aliphatic rings. The van der Waals surface area contributed by atoms with E-state index < -0.39 is 0 Å². The molecule has 1 atom stereocenters. The van der Waals surface area contributed by atoms with Gasteiger partial charge in [-0.05, 0) is 25.1 Å². The fraction of sp³-hybridized carbons (Fsp3) is 1.00. The summed E-state index contributed by atoms with van der Waals surface area (Å²) in [5.74, 6) is 1.36. The molecule has 1 rings (SSSR count). The normalized spacial score (nSPS) is 25.5. The van der Waals surface area contributed by atoms with Crippen LogP contribution in [0.3, 0.4) is 0 Å². The van der Waals surface area contributed by atoms with E-state index in [4.69, 9.17) is 0 Å². The van der Waals surface area contributed by atoms with Gasteiger partial charge < -0.3 is 5.32 Å². The maximum atomic E-state index is 3.38. The zero-order valence-corrected chi connectivity index (χ0v) is 7.54. The first-order valence-electron chi connectivity index (χ1n) is 4.26. The highest BCUT2D eigenvalue weighted by molar-refractivity contribution is 7.99. The zero-order chi connectivity index (χ0) is 7.23. The highest BCUT2D eigenvalue weighted by atomic mass is 32.2. The van der Waals surface area contributed by atoms with Crippen molar-refractivity contribution in [3.05, 3.63) is 0 Å². The van der Waals surface area contributed by atoms with Crippen molar-refractivity contribution < 1.29 is 0 Å². The van der Waals surface area contributed by atoms with Crippen LogP contribution in [0.4, 0.5) is 0 Å². The Morgan fingerprint density at radius 1 is 1.60 bits per heavy atom. The van der Waals surface area contributed by atoms with Gasteiger partial charge in [-0.15, -0.1) is 0 Å². The standard InChI is InChI=1S/C8H17NS/c1-2-3-6-10-8-4-5-9-7-8/h8-9H,2-7H2,1H3. The Balaban J connectivity index is 1.91. The molecule has 60 valence electrons. The number of nitrogens with one attached hydrogen (secondary N) is 1. The van der Waals surface area contributed by atoms with E-state index in [-0.39, 0.29) is 0 Å². The van der Waals surface area contributed by atoms with E-state index in [1.165, 1.54) is 38.1 Å². The first-order chi connectivity index (χ1) is 4.93. The minimum absolute atomic E-state index is 0.923. The van der Waals surface area contributed by atoms with Gasteiger partial charge in [-0.25, -0.2) is 0 Å². The summed E-state index contributed by atoms with van der Waals surface area (Å²) in [6.45, 7) is 4.74. The lowest BCUT2D eigenvalue weighted by molar-refractivity contribution is 0.857. The molecule has 0 aromatic rings. The summed E-state index contributed by atoms with van der Waals surface area (Å²) in [6, 6.07) is 0. The van der Waals surface area contributed by atoms with Gasteiger partial charge in [0.15, 0.2) is 0 Å². The summed E-state index contributed by atoms with van der Waals surface area (Å²) >= 11 is 2.15.